The summed E-state index contributed by atoms with van der Waals surface area (Å²) in [5.74, 6) is 0.193. The predicted molar refractivity (Wildman–Crippen MR) is 112 cm³/mol. The number of nitrogens with one attached hydrogen (secondary N) is 1. The maximum absolute atomic E-state index is 12.8. The van der Waals surface area contributed by atoms with E-state index in [0.717, 1.165) is 17.1 Å². The summed E-state index contributed by atoms with van der Waals surface area (Å²) in [6, 6.07) is 1.24. The highest BCUT2D eigenvalue weighted by molar-refractivity contribution is 6.01. The molecule has 1 N–H and O–H groups in total. The van der Waals surface area contributed by atoms with Crippen LogP contribution in [0.15, 0.2) is 55.0 Å². The summed E-state index contributed by atoms with van der Waals surface area (Å²) in [7, 11) is 1.70. The van der Waals surface area contributed by atoms with E-state index < -0.39 is 6.04 Å². The van der Waals surface area contributed by atoms with Crippen molar-refractivity contribution in [2.75, 3.05) is 11.9 Å². The molecule has 0 saturated carbocycles. The molecule has 0 spiro atoms. The number of amides is 2. The molecule has 1 atom stereocenters. The fraction of sp³-hybridized carbons (Fsp3) is 0.333. The van der Waals surface area contributed by atoms with Crippen molar-refractivity contribution >= 4 is 17.6 Å². The molecule has 3 heterocycles. The van der Waals surface area contributed by atoms with Crippen LogP contribution in [-0.2, 0) is 17.9 Å². The Morgan fingerprint density at radius 1 is 1.41 bits per heavy atom. The number of fused-ring (bicyclic) bond motifs is 1. The van der Waals surface area contributed by atoms with Gasteiger partial charge in [0.2, 0.25) is 0 Å². The van der Waals surface area contributed by atoms with Crippen LogP contribution in [0, 0.1) is 6.92 Å². The molecule has 0 fully saturated rings. The van der Waals surface area contributed by atoms with Crippen LogP contribution >= 0.6 is 0 Å². The van der Waals surface area contributed by atoms with Gasteiger partial charge in [0.25, 0.3) is 11.8 Å². The van der Waals surface area contributed by atoms with E-state index in [1.807, 2.05) is 44.2 Å². The minimum Gasteiger partial charge on any atom is -0.339 e. The van der Waals surface area contributed by atoms with E-state index in [9.17, 15) is 9.59 Å². The van der Waals surface area contributed by atoms with Crippen LogP contribution in [0.5, 0.6) is 0 Å². The molecule has 2 amide bonds. The molecule has 2 aromatic heterocycles. The van der Waals surface area contributed by atoms with Crippen LogP contribution < -0.4 is 10.2 Å². The number of anilines is 1. The monoisotopic (exact) mass is 394 g/mol. The summed E-state index contributed by atoms with van der Waals surface area (Å²) in [6.45, 7) is 8.90. The Kier molecular flexibility index (Phi) is 6.11. The average molecular weight is 394 g/mol. The van der Waals surface area contributed by atoms with Crippen molar-refractivity contribution in [3.63, 3.8) is 0 Å². The Morgan fingerprint density at radius 3 is 2.97 bits per heavy atom. The molecular formula is C21H26N6O2. The van der Waals surface area contributed by atoms with Crippen molar-refractivity contribution in [3.8, 4) is 0 Å². The van der Waals surface area contributed by atoms with Crippen molar-refractivity contribution in [3.05, 3.63) is 66.4 Å². The van der Waals surface area contributed by atoms with Crippen molar-refractivity contribution in [1.29, 1.82) is 0 Å². The number of likely N-dealkylation sites (N-methyl/N-ethyl adjacent to an activating group) is 1. The normalized spacial score (nSPS) is 17.0. The first kappa shape index (κ1) is 20.3. The molecule has 0 radical (unpaired) electrons. The predicted octanol–water partition coefficient (Wildman–Crippen LogP) is 2.24. The van der Waals surface area contributed by atoms with Crippen molar-refractivity contribution in [2.24, 2.45) is 0 Å². The van der Waals surface area contributed by atoms with Gasteiger partial charge in [-0.1, -0.05) is 30.9 Å². The summed E-state index contributed by atoms with van der Waals surface area (Å²) in [5, 5.41) is 7.21. The second-order valence-electron chi connectivity index (χ2n) is 7.05. The molecule has 152 valence electrons. The van der Waals surface area contributed by atoms with Crippen LogP contribution in [0.4, 0.5) is 5.82 Å². The van der Waals surface area contributed by atoms with E-state index in [0.29, 0.717) is 19.5 Å². The number of hydrogen-bond donors (Lipinski definition) is 1. The first-order valence-corrected chi connectivity index (χ1v) is 9.51. The largest absolute Gasteiger partial charge is 0.339 e. The van der Waals surface area contributed by atoms with Crippen LogP contribution in [-0.4, -0.2) is 44.2 Å². The van der Waals surface area contributed by atoms with Crippen molar-refractivity contribution in [1.82, 2.24) is 24.6 Å². The van der Waals surface area contributed by atoms with E-state index in [2.05, 4.69) is 22.0 Å². The third kappa shape index (κ3) is 4.71. The Bertz CT molecular complexity index is 981. The molecule has 8 heteroatoms. The third-order valence-corrected chi connectivity index (χ3v) is 4.68. The van der Waals surface area contributed by atoms with Crippen LogP contribution in [0.3, 0.4) is 0 Å². The first-order chi connectivity index (χ1) is 13.9. The number of hydrogen-bond acceptors (Lipinski definition) is 4. The van der Waals surface area contributed by atoms with Crippen LogP contribution in [0.2, 0.25) is 0 Å². The fourth-order valence-electron chi connectivity index (χ4n) is 3.21. The molecule has 0 bridgehead atoms. The number of aryl methyl sites for hydroxylation is 2. The van der Waals surface area contributed by atoms with Crippen molar-refractivity contribution in [2.45, 2.75) is 39.4 Å². The Balaban J connectivity index is 1.63. The SMILES string of the molecule is C=C(/C=C\C=C/C)Cn1cnc(C(=O)N[C@H]2CCn3nc(C)cc3N(C)C2=O)c1. The Hall–Kier alpha value is -3.42. The number of nitrogens with zero attached hydrogens (tertiary/aromatic N) is 5. The van der Waals surface area contributed by atoms with Gasteiger partial charge in [0.05, 0.1) is 12.0 Å². The van der Waals surface area contributed by atoms with Gasteiger partial charge in [-0.3, -0.25) is 14.5 Å². The molecule has 0 aromatic carbocycles. The molecule has 1 aliphatic rings. The smallest absolute Gasteiger partial charge is 0.272 e. The van der Waals surface area contributed by atoms with Gasteiger partial charge in [-0.2, -0.15) is 5.10 Å². The molecule has 1 aliphatic heterocycles. The van der Waals surface area contributed by atoms with Gasteiger partial charge >= 0.3 is 0 Å². The van der Waals surface area contributed by atoms with Gasteiger partial charge in [-0.05, 0) is 25.8 Å². The summed E-state index contributed by atoms with van der Waals surface area (Å²) < 4.78 is 3.58. The molecule has 2 aromatic rings. The molecule has 0 unspecified atom stereocenters. The summed E-state index contributed by atoms with van der Waals surface area (Å²) >= 11 is 0. The Labute approximate surface area is 170 Å². The van der Waals surface area contributed by atoms with Crippen LogP contribution in [0.1, 0.15) is 29.5 Å². The fourth-order valence-corrected chi connectivity index (χ4v) is 3.21. The molecule has 3 rings (SSSR count). The van der Waals surface area contributed by atoms with E-state index >= 15 is 0 Å². The van der Waals surface area contributed by atoms with Gasteiger partial charge in [-0.25, -0.2) is 9.67 Å². The molecular weight excluding hydrogens is 368 g/mol. The lowest BCUT2D eigenvalue weighted by Gasteiger charge is -2.20. The van der Waals surface area contributed by atoms with Gasteiger partial charge in [-0.15, -0.1) is 0 Å². The number of imidazole rings is 1. The van der Waals surface area contributed by atoms with Gasteiger partial charge < -0.3 is 9.88 Å². The molecule has 0 saturated heterocycles. The Morgan fingerprint density at radius 2 is 2.21 bits per heavy atom. The first-order valence-electron chi connectivity index (χ1n) is 9.51. The lowest BCUT2D eigenvalue weighted by molar-refractivity contribution is -0.120. The lowest BCUT2D eigenvalue weighted by Crippen LogP contribution is -2.46. The molecule has 8 nitrogen and oxygen atoms in total. The highest BCUT2D eigenvalue weighted by Gasteiger charge is 2.30. The summed E-state index contributed by atoms with van der Waals surface area (Å²) in [6.07, 6.45) is 11.4. The standard InChI is InChI=1S/C21H26N6O2/c1-5-6-7-8-15(2)12-26-13-18(22-14-26)20(28)23-17-9-10-27-19(11-16(3)24-27)25(4)21(17)29/h5-8,11,13-14,17H,2,9-10,12H2,1,3-4H3,(H,23,28)/b6-5-,8-7-/t17-/m0/s1. The van der Waals surface area contributed by atoms with E-state index in [1.165, 1.54) is 4.90 Å². The highest BCUT2D eigenvalue weighted by Crippen LogP contribution is 2.21. The third-order valence-electron chi connectivity index (χ3n) is 4.68. The zero-order valence-electron chi connectivity index (χ0n) is 17.0. The zero-order chi connectivity index (χ0) is 21.0. The molecule has 0 aliphatic carbocycles. The summed E-state index contributed by atoms with van der Waals surface area (Å²) in [4.78, 5) is 31.1. The number of aromatic nitrogens is 4. The van der Waals surface area contributed by atoms with Crippen LogP contribution in [0.25, 0.3) is 0 Å². The maximum atomic E-state index is 12.8. The average Bonchev–Trinajstić information content (AvgIpc) is 3.28. The minimum absolute atomic E-state index is 0.168. The number of rotatable bonds is 6. The number of allylic oxidation sites excluding steroid dienone is 5. The number of carbonyl (C=O) groups is 2. The zero-order valence-corrected chi connectivity index (χ0v) is 17.0. The van der Waals surface area contributed by atoms with E-state index in [1.54, 1.807) is 28.8 Å². The second-order valence-corrected chi connectivity index (χ2v) is 7.05. The maximum Gasteiger partial charge on any atom is 0.272 e. The molecule has 29 heavy (non-hydrogen) atoms. The van der Waals surface area contributed by atoms with Gasteiger partial charge in [0.1, 0.15) is 17.6 Å². The van der Waals surface area contributed by atoms with E-state index in [-0.39, 0.29) is 17.5 Å². The minimum atomic E-state index is -0.626. The lowest BCUT2D eigenvalue weighted by atomic mass is 10.2. The number of carbonyl (C=O) groups excluding carboxylic acids is 2. The van der Waals surface area contributed by atoms with Gasteiger partial charge in [0, 0.05) is 32.4 Å². The van der Waals surface area contributed by atoms with E-state index in [4.69, 9.17) is 0 Å². The topological polar surface area (TPSA) is 85.1 Å². The van der Waals surface area contributed by atoms with Gasteiger partial charge in [0.15, 0.2) is 0 Å². The van der Waals surface area contributed by atoms with Crippen molar-refractivity contribution < 1.29 is 9.59 Å². The quantitative estimate of drug-likeness (QED) is 0.762. The highest BCUT2D eigenvalue weighted by atomic mass is 16.2. The second kappa shape index (κ2) is 8.72. The summed E-state index contributed by atoms with van der Waals surface area (Å²) in [5.41, 5.74) is 2.01.